The Morgan fingerprint density at radius 3 is 2.53 bits per heavy atom. The van der Waals surface area contributed by atoms with E-state index in [2.05, 4.69) is 5.32 Å². The van der Waals surface area contributed by atoms with Gasteiger partial charge in [0.05, 0.1) is 24.4 Å². The van der Waals surface area contributed by atoms with E-state index in [0.29, 0.717) is 22.7 Å². The van der Waals surface area contributed by atoms with Gasteiger partial charge in [-0.05, 0) is 31.2 Å². The summed E-state index contributed by atoms with van der Waals surface area (Å²) < 4.78 is 10.4. The SMILES string of the molecule is COc1ccccc1N1C[C@H](C(=O)OCC(=O)Nc2ccccc2C(C)=O)CC1=O. The van der Waals surface area contributed by atoms with Crippen LogP contribution in [0.4, 0.5) is 11.4 Å². The van der Waals surface area contributed by atoms with Crippen molar-refractivity contribution in [2.75, 3.05) is 30.5 Å². The minimum Gasteiger partial charge on any atom is -0.495 e. The van der Waals surface area contributed by atoms with E-state index in [9.17, 15) is 19.2 Å². The summed E-state index contributed by atoms with van der Waals surface area (Å²) in [6, 6.07) is 13.6. The largest absolute Gasteiger partial charge is 0.495 e. The fourth-order valence-electron chi connectivity index (χ4n) is 3.29. The highest BCUT2D eigenvalue weighted by Crippen LogP contribution is 2.33. The Morgan fingerprint density at radius 2 is 1.80 bits per heavy atom. The molecule has 0 aliphatic carbocycles. The number of nitrogens with one attached hydrogen (secondary N) is 1. The molecule has 2 amide bonds. The van der Waals surface area contributed by atoms with Crippen LogP contribution in [0.15, 0.2) is 48.5 Å². The third-order valence-electron chi connectivity index (χ3n) is 4.76. The maximum absolute atomic E-state index is 12.4. The molecular weight excluding hydrogens is 388 g/mol. The molecule has 156 valence electrons. The lowest BCUT2D eigenvalue weighted by atomic mass is 10.1. The number of benzene rings is 2. The van der Waals surface area contributed by atoms with E-state index < -0.39 is 24.4 Å². The molecule has 8 heteroatoms. The summed E-state index contributed by atoms with van der Waals surface area (Å²) in [5, 5.41) is 2.57. The van der Waals surface area contributed by atoms with Gasteiger partial charge < -0.3 is 19.7 Å². The second-order valence-electron chi connectivity index (χ2n) is 6.83. The molecule has 30 heavy (non-hydrogen) atoms. The molecule has 0 radical (unpaired) electrons. The summed E-state index contributed by atoms with van der Waals surface area (Å²) in [5.41, 5.74) is 1.30. The van der Waals surface area contributed by atoms with Crippen LogP contribution >= 0.6 is 0 Å². The van der Waals surface area contributed by atoms with Crippen LogP contribution in [0.1, 0.15) is 23.7 Å². The van der Waals surface area contributed by atoms with E-state index in [4.69, 9.17) is 9.47 Å². The van der Waals surface area contributed by atoms with E-state index >= 15 is 0 Å². The maximum Gasteiger partial charge on any atom is 0.311 e. The smallest absolute Gasteiger partial charge is 0.311 e. The van der Waals surface area contributed by atoms with Gasteiger partial charge in [0.1, 0.15) is 5.75 Å². The van der Waals surface area contributed by atoms with Crippen molar-refractivity contribution in [1.29, 1.82) is 0 Å². The molecule has 8 nitrogen and oxygen atoms in total. The number of esters is 1. The van der Waals surface area contributed by atoms with Gasteiger partial charge in [-0.2, -0.15) is 0 Å². The van der Waals surface area contributed by atoms with E-state index in [1.165, 1.54) is 18.9 Å². The lowest BCUT2D eigenvalue weighted by Crippen LogP contribution is -2.28. The molecule has 1 aliphatic rings. The summed E-state index contributed by atoms with van der Waals surface area (Å²) in [7, 11) is 1.51. The molecule has 1 N–H and O–H groups in total. The van der Waals surface area contributed by atoms with Gasteiger partial charge >= 0.3 is 5.97 Å². The quantitative estimate of drug-likeness (QED) is 0.556. The van der Waals surface area contributed by atoms with Crippen molar-refractivity contribution in [3.05, 3.63) is 54.1 Å². The molecule has 0 unspecified atom stereocenters. The van der Waals surface area contributed by atoms with E-state index in [1.807, 2.05) is 0 Å². The van der Waals surface area contributed by atoms with E-state index in [-0.39, 0.29) is 24.7 Å². The number of hydrogen-bond donors (Lipinski definition) is 1. The summed E-state index contributed by atoms with van der Waals surface area (Å²) in [6.07, 6.45) is -0.00826. The van der Waals surface area contributed by atoms with Crippen LogP contribution in [0.25, 0.3) is 0 Å². The predicted molar refractivity (Wildman–Crippen MR) is 109 cm³/mol. The molecule has 3 rings (SSSR count). The number of para-hydroxylation sites is 3. The highest BCUT2D eigenvalue weighted by atomic mass is 16.5. The third-order valence-corrected chi connectivity index (χ3v) is 4.76. The summed E-state index contributed by atoms with van der Waals surface area (Å²) in [4.78, 5) is 50.0. The van der Waals surface area contributed by atoms with Gasteiger partial charge in [-0.3, -0.25) is 19.2 Å². The number of amides is 2. The average molecular weight is 410 g/mol. The first kappa shape index (κ1) is 21.0. The highest BCUT2D eigenvalue weighted by Gasteiger charge is 2.37. The van der Waals surface area contributed by atoms with Gasteiger partial charge in [0, 0.05) is 18.5 Å². The number of carbonyl (C=O) groups is 4. The number of anilines is 2. The molecule has 1 atom stereocenters. The first-order valence-corrected chi connectivity index (χ1v) is 9.40. The van der Waals surface area contributed by atoms with Gasteiger partial charge in [0.2, 0.25) is 5.91 Å². The van der Waals surface area contributed by atoms with Crippen LogP contribution in [0.5, 0.6) is 5.75 Å². The maximum atomic E-state index is 12.4. The Balaban J connectivity index is 1.57. The van der Waals surface area contributed by atoms with Gasteiger partial charge in [-0.25, -0.2) is 0 Å². The second kappa shape index (κ2) is 9.21. The molecule has 2 aromatic carbocycles. The Kier molecular flexibility index (Phi) is 6.46. The van der Waals surface area contributed by atoms with Crippen LogP contribution in [0.3, 0.4) is 0 Å². The number of hydrogen-bond acceptors (Lipinski definition) is 6. The lowest BCUT2D eigenvalue weighted by Gasteiger charge is -2.19. The minimum atomic E-state index is -0.681. The number of rotatable bonds is 7. The van der Waals surface area contributed by atoms with Crippen molar-refractivity contribution in [2.45, 2.75) is 13.3 Å². The van der Waals surface area contributed by atoms with Gasteiger partial charge in [-0.1, -0.05) is 24.3 Å². The fourth-order valence-corrected chi connectivity index (χ4v) is 3.29. The average Bonchev–Trinajstić information content (AvgIpc) is 3.13. The van der Waals surface area contributed by atoms with Crippen molar-refractivity contribution in [1.82, 2.24) is 0 Å². The summed E-state index contributed by atoms with van der Waals surface area (Å²) >= 11 is 0. The normalized spacial score (nSPS) is 15.6. The van der Waals surface area contributed by atoms with Crippen LogP contribution < -0.4 is 15.0 Å². The molecule has 1 saturated heterocycles. The van der Waals surface area contributed by atoms with E-state index in [0.717, 1.165) is 0 Å². The zero-order valence-corrected chi connectivity index (χ0v) is 16.7. The number of Topliss-reactive ketones (excluding diaryl/α,β-unsaturated/α-hetero) is 1. The van der Waals surface area contributed by atoms with Crippen LogP contribution in [0, 0.1) is 5.92 Å². The topological polar surface area (TPSA) is 102 Å². The van der Waals surface area contributed by atoms with Crippen molar-refractivity contribution in [3.8, 4) is 5.75 Å². The molecule has 0 aromatic heterocycles. The first-order valence-electron chi connectivity index (χ1n) is 9.40. The Labute approximate surface area is 173 Å². The van der Waals surface area contributed by atoms with Crippen LogP contribution in [-0.2, 0) is 19.1 Å². The molecule has 1 heterocycles. The number of ether oxygens (including phenoxy) is 2. The molecule has 0 spiro atoms. The second-order valence-corrected chi connectivity index (χ2v) is 6.83. The van der Waals surface area contributed by atoms with Crippen molar-refractivity contribution in [2.24, 2.45) is 5.92 Å². The monoisotopic (exact) mass is 410 g/mol. The zero-order valence-electron chi connectivity index (χ0n) is 16.7. The number of methoxy groups -OCH3 is 1. The van der Waals surface area contributed by atoms with Crippen LogP contribution in [-0.4, -0.2) is 43.8 Å². The Hall–Kier alpha value is -3.68. The first-order chi connectivity index (χ1) is 14.4. The predicted octanol–water partition coefficient (Wildman–Crippen LogP) is 2.43. The van der Waals surface area contributed by atoms with Gasteiger partial charge in [-0.15, -0.1) is 0 Å². The van der Waals surface area contributed by atoms with Crippen molar-refractivity contribution < 1.29 is 28.7 Å². The number of nitrogens with zero attached hydrogens (tertiary/aromatic N) is 1. The standard InChI is InChI=1S/C22H22N2O6/c1-14(25)16-7-3-4-8-17(16)23-20(26)13-30-22(28)15-11-21(27)24(12-15)18-9-5-6-10-19(18)29-2/h3-10,15H,11-13H2,1-2H3,(H,23,26)/t15-/m1/s1. The number of carbonyl (C=O) groups excluding carboxylic acids is 4. The minimum absolute atomic E-state index is 0.00826. The molecule has 1 fully saturated rings. The molecule has 1 aliphatic heterocycles. The summed E-state index contributed by atoms with van der Waals surface area (Å²) in [6.45, 7) is 1.03. The van der Waals surface area contributed by atoms with E-state index in [1.54, 1.807) is 48.5 Å². The third kappa shape index (κ3) is 4.65. The van der Waals surface area contributed by atoms with Crippen molar-refractivity contribution in [3.63, 3.8) is 0 Å². The molecular formula is C22H22N2O6. The lowest BCUT2D eigenvalue weighted by molar-refractivity contribution is -0.151. The Morgan fingerprint density at radius 1 is 1.10 bits per heavy atom. The zero-order chi connectivity index (χ0) is 21.7. The number of ketones is 1. The Bertz CT molecular complexity index is 987. The van der Waals surface area contributed by atoms with Crippen LogP contribution in [0.2, 0.25) is 0 Å². The molecule has 0 saturated carbocycles. The van der Waals surface area contributed by atoms with Gasteiger partial charge in [0.15, 0.2) is 12.4 Å². The highest BCUT2D eigenvalue weighted by molar-refractivity contribution is 6.04. The van der Waals surface area contributed by atoms with Gasteiger partial charge in [0.25, 0.3) is 5.91 Å². The molecule has 0 bridgehead atoms. The fraction of sp³-hybridized carbons (Fsp3) is 0.273. The summed E-state index contributed by atoms with van der Waals surface area (Å²) in [5.74, 6) is -1.76. The molecule has 2 aromatic rings. The van der Waals surface area contributed by atoms with Crippen molar-refractivity contribution >= 4 is 34.9 Å².